The van der Waals surface area contributed by atoms with E-state index in [1.54, 1.807) is 0 Å². The zero-order valence-electron chi connectivity index (χ0n) is 8.92. The van der Waals surface area contributed by atoms with Crippen LogP contribution < -0.4 is 5.32 Å². The molecule has 0 aromatic rings. The third kappa shape index (κ3) is 4.72. The Morgan fingerprint density at radius 2 is 2.00 bits per heavy atom. The Kier molecular flexibility index (Phi) is 4.77. The van der Waals surface area contributed by atoms with E-state index in [-0.39, 0.29) is 5.54 Å². The fourth-order valence-electron chi connectivity index (χ4n) is 1.13. The summed E-state index contributed by atoms with van der Waals surface area (Å²) in [5.74, 6) is 0. The minimum Gasteiger partial charge on any atom is -0.465 e. The first-order valence-corrected chi connectivity index (χ1v) is 4.54. The van der Waals surface area contributed by atoms with E-state index >= 15 is 0 Å². The Bertz CT molecular complexity index is 163. The monoisotopic (exact) mass is 188 g/mol. The van der Waals surface area contributed by atoms with E-state index in [4.69, 9.17) is 5.11 Å². The fraction of sp³-hybridized carbons (Fsp3) is 0.889. The molecule has 0 fully saturated rings. The second kappa shape index (κ2) is 5.07. The van der Waals surface area contributed by atoms with Crippen LogP contribution in [0.2, 0.25) is 0 Å². The van der Waals surface area contributed by atoms with Crippen LogP contribution in [-0.2, 0) is 0 Å². The number of hydrogen-bond donors (Lipinski definition) is 2. The third-order valence-electron chi connectivity index (χ3n) is 1.85. The molecular formula is C9H20N2O2. The molecule has 0 atom stereocenters. The molecular weight excluding hydrogens is 168 g/mol. The van der Waals surface area contributed by atoms with Crippen LogP contribution in [0.25, 0.3) is 0 Å². The van der Waals surface area contributed by atoms with Gasteiger partial charge in [0.25, 0.3) is 0 Å². The Labute approximate surface area is 79.9 Å². The smallest absolute Gasteiger partial charge is 0.407 e. The van der Waals surface area contributed by atoms with Crippen molar-refractivity contribution in [1.82, 2.24) is 10.2 Å². The van der Waals surface area contributed by atoms with Gasteiger partial charge < -0.3 is 15.3 Å². The Morgan fingerprint density at radius 1 is 1.46 bits per heavy atom. The third-order valence-corrected chi connectivity index (χ3v) is 1.85. The lowest BCUT2D eigenvalue weighted by atomic mass is 10.1. The molecule has 0 saturated heterocycles. The Morgan fingerprint density at radius 3 is 2.31 bits per heavy atom. The van der Waals surface area contributed by atoms with Crippen LogP contribution in [0.1, 0.15) is 27.2 Å². The van der Waals surface area contributed by atoms with Gasteiger partial charge in [0.2, 0.25) is 0 Å². The molecule has 1 amide bonds. The van der Waals surface area contributed by atoms with Gasteiger partial charge in [-0.1, -0.05) is 0 Å². The molecule has 0 aromatic heterocycles. The van der Waals surface area contributed by atoms with Gasteiger partial charge in [-0.25, -0.2) is 4.79 Å². The van der Waals surface area contributed by atoms with Gasteiger partial charge in [-0.05, 0) is 40.8 Å². The maximum atomic E-state index is 10.8. The van der Waals surface area contributed by atoms with Crippen LogP contribution in [0.15, 0.2) is 0 Å². The fourth-order valence-corrected chi connectivity index (χ4v) is 1.13. The highest BCUT2D eigenvalue weighted by Crippen LogP contribution is 2.13. The summed E-state index contributed by atoms with van der Waals surface area (Å²) in [7, 11) is 1.86. The molecule has 0 heterocycles. The highest BCUT2D eigenvalue weighted by Gasteiger charge is 2.24. The van der Waals surface area contributed by atoms with Gasteiger partial charge in [0.05, 0.1) is 0 Å². The van der Waals surface area contributed by atoms with Gasteiger partial charge in [0.15, 0.2) is 0 Å². The summed E-state index contributed by atoms with van der Waals surface area (Å²) < 4.78 is 0. The van der Waals surface area contributed by atoms with Gasteiger partial charge in [0.1, 0.15) is 0 Å². The lowest BCUT2D eigenvalue weighted by Crippen LogP contribution is -2.45. The van der Waals surface area contributed by atoms with E-state index in [2.05, 4.69) is 5.32 Å². The molecule has 0 aliphatic carbocycles. The molecule has 0 bridgehead atoms. The van der Waals surface area contributed by atoms with Crippen LogP contribution in [0.4, 0.5) is 4.79 Å². The maximum Gasteiger partial charge on any atom is 0.407 e. The quantitative estimate of drug-likeness (QED) is 0.655. The standard InChI is InChI=1S/C9H20N2O2/c1-9(2,3)11(8(12)13)7-5-6-10-4/h10H,5-7H2,1-4H3,(H,12,13). The summed E-state index contributed by atoms with van der Waals surface area (Å²) in [6.45, 7) is 7.14. The van der Waals surface area contributed by atoms with Gasteiger partial charge in [-0.3, -0.25) is 0 Å². The van der Waals surface area contributed by atoms with Crippen molar-refractivity contribution >= 4 is 6.09 Å². The van der Waals surface area contributed by atoms with E-state index < -0.39 is 6.09 Å². The first-order chi connectivity index (χ1) is 5.89. The van der Waals surface area contributed by atoms with E-state index in [9.17, 15) is 4.79 Å². The number of hydrogen-bond acceptors (Lipinski definition) is 2. The summed E-state index contributed by atoms with van der Waals surface area (Å²) in [6.07, 6.45) is 0.00341. The summed E-state index contributed by atoms with van der Waals surface area (Å²) in [6, 6.07) is 0. The number of amides is 1. The molecule has 0 aliphatic heterocycles. The Hall–Kier alpha value is -0.770. The van der Waals surface area contributed by atoms with Crippen molar-refractivity contribution in [1.29, 1.82) is 0 Å². The molecule has 0 spiro atoms. The molecule has 78 valence electrons. The molecule has 2 N–H and O–H groups in total. The largest absolute Gasteiger partial charge is 0.465 e. The van der Waals surface area contributed by atoms with Crippen LogP contribution in [0.5, 0.6) is 0 Å². The number of carbonyl (C=O) groups is 1. The van der Waals surface area contributed by atoms with Crippen LogP contribution in [0.3, 0.4) is 0 Å². The van der Waals surface area contributed by atoms with E-state index in [0.29, 0.717) is 6.54 Å². The SMILES string of the molecule is CNCCCN(C(=O)O)C(C)(C)C. The second-order valence-corrected chi connectivity index (χ2v) is 4.06. The van der Waals surface area contributed by atoms with Crippen molar-refractivity contribution in [3.63, 3.8) is 0 Å². The molecule has 4 heteroatoms. The van der Waals surface area contributed by atoms with E-state index in [0.717, 1.165) is 13.0 Å². The van der Waals surface area contributed by atoms with Crippen molar-refractivity contribution < 1.29 is 9.90 Å². The highest BCUT2D eigenvalue weighted by atomic mass is 16.4. The summed E-state index contributed by atoms with van der Waals surface area (Å²) in [5, 5.41) is 11.9. The molecule has 0 saturated carbocycles. The van der Waals surface area contributed by atoms with Crippen molar-refractivity contribution in [2.75, 3.05) is 20.1 Å². The number of rotatable bonds is 4. The normalized spacial score (nSPS) is 11.4. The molecule has 0 radical (unpaired) electrons. The minimum absolute atomic E-state index is 0.306. The first kappa shape index (κ1) is 12.2. The van der Waals surface area contributed by atoms with Crippen molar-refractivity contribution in [3.05, 3.63) is 0 Å². The lowest BCUT2D eigenvalue weighted by molar-refractivity contribution is 0.0996. The molecule has 0 unspecified atom stereocenters. The zero-order chi connectivity index (χ0) is 10.5. The topological polar surface area (TPSA) is 52.6 Å². The van der Waals surface area contributed by atoms with Gasteiger partial charge in [0, 0.05) is 12.1 Å². The highest BCUT2D eigenvalue weighted by molar-refractivity contribution is 5.65. The molecule has 0 aromatic carbocycles. The minimum atomic E-state index is -0.844. The van der Waals surface area contributed by atoms with Gasteiger partial charge in [-0.15, -0.1) is 0 Å². The average molecular weight is 188 g/mol. The second-order valence-electron chi connectivity index (χ2n) is 4.06. The zero-order valence-corrected chi connectivity index (χ0v) is 8.92. The lowest BCUT2D eigenvalue weighted by Gasteiger charge is -2.33. The van der Waals surface area contributed by atoms with E-state index in [1.165, 1.54) is 4.90 Å². The molecule has 0 rings (SSSR count). The first-order valence-electron chi connectivity index (χ1n) is 4.54. The summed E-state index contributed by atoms with van der Waals surface area (Å²) in [5.41, 5.74) is -0.306. The predicted octanol–water partition coefficient (Wildman–Crippen LogP) is 1.37. The molecule has 0 aliphatic rings. The van der Waals surface area contributed by atoms with Crippen molar-refractivity contribution in [2.45, 2.75) is 32.7 Å². The van der Waals surface area contributed by atoms with Crippen LogP contribution in [0, 0.1) is 0 Å². The Balaban J connectivity index is 4.04. The summed E-state index contributed by atoms with van der Waals surface area (Å²) >= 11 is 0. The molecule has 13 heavy (non-hydrogen) atoms. The number of nitrogens with one attached hydrogen (secondary N) is 1. The molecule has 4 nitrogen and oxygen atoms in total. The van der Waals surface area contributed by atoms with Gasteiger partial charge in [-0.2, -0.15) is 0 Å². The predicted molar refractivity (Wildman–Crippen MR) is 53.0 cm³/mol. The van der Waals surface area contributed by atoms with Gasteiger partial charge >= 0.3 is 6.09 Å². The van der Waals surface area contributed by atoms with E-state index in [1.807, 2.05) is 27.8 Å². The van der Waals surface area contributed by atoms with Crippen molar-refractivity contribution in [3.8, 4) is 0 Å². The summed E-state index contributed by atoms with van der Waals surface area (Å²) in [4.78, 5) is 12.3. The maximum absolute atomic E-state index is 10.8. The average Bonchev–Trinajstić information content (AvgIpc) is 1.94. The number of carboxylic acid groups (broad SMARTS) is 1. The van der Waals surface area contributed by atoms with Crippen LogP contribution in [-0.4, -0.2) is 41.8 Å². The number of nitrogens with zero attached hydrogens (tertiary/aromatic N) is 1. The van der Waals surface area contributed by atoms with Crippen molar-refractivity contribution in [2.24, 2.45) is 0 Å². The van der Waals surface area contributed by atoms with Crippen LogP contribution >= 0.6 is 0 Å².